The summed E-state index contributed by atoms with van der Waals surface area (Å²) < 4.78 is 1.09. The number of carbonyl (C=O) groups is 1. The van der Waals surface area contributed by atoms with E-state index in [1.165, 1.54) is 5.56 Å². The highest BCUT2D eigenvalue weighted by Gasteiger charge is 2.42. The highest BCUT2D eigenvalue weighted by atomic mass is 79.9. The summed E-state index contributed by atoms with van der Waals surface area (Å²) in [6, 6.07) is 8.95. The Morgan fingerprint density at radius 3 is 2.96 bits per heavy atom. The number of hydrogen-bond acceptors (Lipinski definition) is 3. The quantitative estimate of drug-likeness (QED) is 0.822. The van der Waals surface area contributed by atoms with Gasteiger partial charge in [-0.2, -0.15) is 0 Å². The molecule has 2 saturated heterocycles. The van der Waals surface area contributed by atoms with Crippen LogP contribution in [0.15, 0.2) is 28.7 Å². The van der Waals surface area contributed by atoms with Crippen LogP contribution in [0.1, 0.15) is 24.3 Å². The fourth-order valence-corrected chi connectivity index (χ4v) is 4.33. The summed E-state index contributed by atoms with van der Waals surface area (Å²) in [5.41, 5.74) is 1.29. The smallest absolute Gasteiger partial charge is 0.317 e. The second-order valence-corrected chi connectivity index (χ2v) is 7.85. The standard InChI is InChI=1S/C17H22BrN3O2/c18-12-3-1-2-11(6-12)15-8-16(15)19-17(23)21-5-4-20-10-14(22)7-13(20)9-21/h1-3,6,13-16,22H,4-5,7-10H2,(H,19,23)/t13-,14+,15-,16+/m0/s1. The highest BCUT2D eigenvalue weighted by molar-refractivity contribution is 9.10. The number of urea groups is 1. The van der Waals surface area contributed by atoms with Gasteiger partial charge in [-0.25, -0.2) is 4.79 Å². The molecule has 2 heterocycles. The molecule has 23 heavy (non-hydrogen) atoms. The lowest BCUT2D eigenvalue weighted by Crippen LogP contribution is -2.54. The number of rotatable bonds is 2. The number of nitrogens with zero attached hydrogens (tertiary/aromatic N) is 2. The lowest BCUT2D eigenvalue weighted by molar-refractivity contribution is 0.114. The Bertz CT molecular complexity index is 611. The minimum atomic E-state index is -0.229. The highest BCUT2D eigenvalue weighted by Crippen LogP contribution is 2.41. The fourth-order valence-electron chi connectivity index (χ4n) is 3.91. The Hall–Kier alpha value is -1.11. The molecule has 0 unspecified atom stereocenters. The monoisotopic (exact) mass is 379 g/mol. The molecule has 1 saturated carbocycles. The third-order valence-electron chi connectivity index (χ3n) is 5.26. The largest absolute Gasteiger partial charge is 0.392 e. The van der Waals surface area contributed by atoms with Gasteiger partial charge >= 0.3 is 6.03 Å². The summed E-state index contributed by atoms with van der Waals surface area (Å²) in [6.07, 6.45) is 1.57. The van der Waals surface area contributed by atoms with Crippen LogP contribution in [0.2, 0.25) is 0 Å². The van der Waals surface area contributed by atoms with Gasteiger partial charge < -0.3 is 15.3 Å². The Labute approximate surface area is 144 Å². The number of aliphatic hydroxyl groups excluding tert-OH is 1. The number of nitrogens with one attached hydrogen (secondary N) is 1. The first-order valence-corrected chi connectivity index (χ1v) is 9.12. The van der Waals surface area contributed by atoms with E-state index in [-0.39, 0.29) is 18.2 Å². The maximum absolute atomic E-state index is 12.5. The van der Waals surface area contributed by atoms with Crippen molar-refractivity contribution in [3.05, 3.63) is 34.3 Å². The number of fused-ring (bicyclic) bond motifs is 1. The van der Waals surface area contributed by atoms with Gasteiger partial charge in [0.15, 0.2) is 0 Å². The number of carbonyl (C=O) groups excluding carboxylic acids is 1. The van der Waals surface area contributed by atoms with E-state index < -0.39 is 0 Å². The van der Waals surface area contributed by atoms with Crippen LogP contribution >= 0.6 is 15.9 Å². The van der Waals surface area contributed by atoms with Crippen LogP contribution in [0.25, 0.3) is 0 Å². The number of benzene rings is 1. The molecule has 1 aromatic carbocycles. The number of halogens is 1. The second kappa shape index (κ2) is 6.07. The van der Waals surface area contributed by atoms with Crippen molar-refractivity contribution in [2.45, 2.75) is 36.9 Å². The Kier molecular flexibility index (Phi) is 4.07. The summed E-state index contributed by atoms with van der Waals surface area (Å²) in [5.74, 6) is 0.436. The molecule has 0 spiro atoms. The van der Waals surface area contributed by atoms with Crippen LogP contribution in [0.4, 0.5) is 4.79 Å². The molecule has 0 radical (unpaired) electrons. The first-order valence-electron chi connectivity index (χ1n) is 8.33. The summed E-state index contributed by atoms with van der Waals surface area (Å²) in [7, 11) is 0. The van der Waals surface area contributed by atoms with Crippen molar-refractivity contribution in [3.8, 4) is 0 Å². The zero-order valence-corrected chi connectivity index (χ0v) is 14.6. The van der Waals surface area contributed by atoms with Crippen LogP contribution < -0.4 is 5.32 Å². The minimum Gasteiger partial charge on any atom is -0.392 e. The van der Waals surface area contributed by atoms with Crippen molar-refractivity contribution in [1.29, 1.82) is 0 Å². The molecule has 1 aromatic rings. The van der Waals surface area contributed by atoms with Crippen LogP contribution in [0.3, 0.4) is 0 Å². The Morgan fingerprint density at radius 2 is 2.13 bits per heavy atom. The Balaban J connectivity index is 1.31. The van der Waals surface area contributed by atoms with Gasteiger partial charge in [0, 0.05) is 48.7 Å². The molecule has 0 aromatic heterocycles. The van der Waals surface area contributed by atoms with Gasteiger partial charge in [0.1, 0.15) is 0 Å². The predicted molar refractivity (Wildman–Crippen MR) is 91.4 cm³/mol. The SMILES string of the molecule is O=C(N[C@@H]1C[C@H]1c1cccc(Br)c1)N1CCN2C[C@H](O)C[C@H]2C1. The first kappa shape index (κ1) is 15.4. The fraction of sp³-hybridized carbons (Fsp3) is 0.588. The van der Waals surface area contributed by atoms with Crippen molar-refractivity contribution in [2.24, 2.45) is 0 Å². The molecule has 3 fully saturated rings. The van der Waals surface area contributed by atoms with Crippen LogP contribution in [0.5, 0.6) is 0 Å². The molecule has 1 aliphatic carbocycles. The molecule has 0 bridgehead atoms. The summed E-state index contributed by atoms with van der Waals surface area (Å²) in [5, 5.41) is 12.9. The number of piperazine rings is 1. The topological polar surface area (TPSA) is 55.8 Å². The van der Waals surface area contributed by atoms with Crippen LogP contribution in [-0.4, -0.2) is 65.3 Å². The van der Waals surface area contributed by atoms with E-state index in [4.69, 9.17) is 0 Å². The van der Waals surface area contributed by atoms with Gasteiger partial charge in [0.25, 0.3) is 0 Å². The molecule has 2 N–H and O–H groups in total. The van der Waals surface area contributed by atoms with Crippen molar-refractivity contribution in [2.75, 3.05) is 26.2 Å². The molecule has 124 valence electrons. The molecule has 6 heteroatoms. The van der Waals surface area contributed by atoms with E-state index in [1.807, 2.05) is 17.0 Å². The van der Waals surface area contributed by atoms with Gasteiger partial charge in [-0.1, -0.05) is 28.1 Å². The van der Waals surface area contributed by atoms with Gasteiger partial charge in [-0.15, -0.1) is 0 Å². The van der Waals surface area contributed by atoms with E-state index in [9.17, 15) is 9.90 Å². The molecule has 2 amide bonds. The van der Waals surface area contributed by atoms with Crippen molar-refractivity contribution >= 4 is 22.0 Å². The van der Waals surface area contributed by atoms with Crippen molar-refractivity contribution in [1.82, 2.24) is 15.1 Å². The van der Waals surface area contributed by atoms with E-state index in [2.05, 4.69) is 38.3 Å². The molecule has 4 rings (SSSR count). The van der Waals surface area contributed by atoms with E-state index in [1.54, 1.807) is 0 Å². The predicted octanol–water partition coefficient (Wildman–Crippen LogP) is 1.77. The summed E-state index contributed by atoms with van der Waals surface area (Å²) >= 11 is 3.50. The summed E-state index contributed by atoms with van der Waals surface area (Å²) in [4.78, 5) is 16.7. The number of aliphatic hydroxyl groups is 1. The van der Waals surface area contributed by atoms with Crippen LogP contribution in [-0.2, 0) is 0 Å². The Morgan fingerprint density at radius 1 is 1.26 bits per heavy atom. The minimum absolute atomic E-state index is 0.0496. The van der Waals surface area contributed by atoms with Crippen molar-refractivity contribution in [3.63, 3.8) is 0 Å². The van der Waals surface area contributed by atoms with Gasteiger partial charge in [-0.05, 0) is 30.5 Å². The normalized spacial score (nSPS) is 33.4. The van der Waals surface area contributed by atoms with Crippen molar-refractivity contribution < 1.29 is 9.90 Å². The van der Waals surface area contributed by atoms with Crippen LogP contribution in [0, 0.1) is 0 Å². The van der Waals surface area contributed by atoms with Gasteiger partial charge in [0.2, 0.25) is 0 Å². The third kappa shape index (κ3) is 3.25. The van der Waals surface area contributed by atoms with Gasteiger partial charge in [-0.3, -0.25) is 4.90 Å². The van der Waals surface area contributed by atoms with Gasteiger partial charge in [0.05, 0.1) is 6.10 Å². The van der Waals surface area contributed by atoms with E-state index in [0.717, 1.165) is 43.5 Å². The molecule has 3 aliphatic rings. The maximum atomic E-state index is 12.5. The third-order valence-corrected chi connectivity index (χ3v) is 5.75. The zero-order chi connectivity index (χ0) is 16.0. The average molecular weight is 380 g/mol. The summed E-state index contributed by atoms with van der Waals surface area (Å²) in [6.45, 7) is 3.11. The zero-order valence-electron chi connectivity index (χ0n) is 13.0. The van der Waals surface area contributed by atoms with E-state index in [0.29, 0.717) is 12.0 Å². The average Bonchev–Trinajstić information content (AvgIpc) is 3.18. The molecular weight excluding hydrogens is 358 g/mol. The first-order chi connectivity index (χ1) is 11.1. The van der Waals surface area contributed by atoms with E-state index >= 15 is 0 Å². The molecular formula is C17H22BrN3O2. The second-order valence-electron chi connectivity index (χ2n) is 6.94. The number of amides is 2. The number of hydrogen-bond donors (Lipinski definition) is 2. The molecule has 4 atom stereocenters. The molecule has 5 nitrogen and oxygen atoms in total. The molecule has 2 aliphatic heterocycles. The lowest BCUT2D eigenvalue weighted by Gasteiger charge is -2.37. The lowest BCUT2D eigenvalue weighted by atomic mass is 10.1. The maximum Gasteiger partial charge on any atom is 0.317 e.